The molecule has 1 aromatic heterocycles. The molecule has 1 heterocycles. The van der Waals surface area contributed by atoms with Gasteiger partial charge in [0.05, 0.1) is 6.61 Å². The number of hydrogen-bond donors (Lipinski definition) is 1. The van der Waals surface area contributed by atoms with Crippen LogP contribution < -0.4 is 19.7 Å². The number of unbranched alkanes of at least 4 members (excludes halogenated alkanes) is 1. The zero-order chi connectivity index (χ0) is 20.5. The summed E-state index contributed by atoms with van der Waals surface area (Å²) >= 11 is 0. The molecule has 2 aromatic rings. The van der Waals surface area contributed by atoms with Gasteiger partial charge in [0.25, 0.3) is 0 Å². The Hall–Kier alpha value is -2.76. The minimum Gasteiger partial charge on any atom is -0.489 e. The van der Waals surface area contributed by atoms with Gasteiger partial charge in [0.2, 0.25) is 0 Å². The lowest BCUT2D eigenvalue weighted by Gasteiger charge is -2.22. The van der Waals surface area contributed by atoms with Crippen LogP contribution >= 0.6 is 0 Å². The number of nitrogens with one attached hydrogen (secondary N) is 1. The van der Waals surface area contributed by atoms with E-state index in [0.717, 1.165) is 31.4 Å². The fourth-order valence-corrected chi connectivity index (χ4v) is 2.79. The number of aromatic nitrogens is 1. The van der Waals surface area contributed by atoms with Gasteiger partial charge in [0, 0.05) is 26.2 Å². The molecule has 0 aliphatic heterocycles. The Bertz CT molecular complexity index is 776. The standard InChI is InChI=1S/C22H31N3O3/c1-6-8-15-27-19-18(22(26)28-17-12-10-9-11-13-17)16(3)21(25(4)5)24-20(19)23-14-7-2/h9-13H,6-8,14-15H2,1-5H3,(H,23,24). The molecule has 0 aliphatic rings. The van der Waals surface area contributed by atoms with E-state index in [1.165, 1.54) is 0 Å². The molecule has 28 heavy (non-hydrogen) atoms. The molecule has 0 spiro atoms. The molecule has 6 heteroatoms. The second-order valence-corrected chi connectivity index (χ2v) is 6.84. The van der Waals surface area contributed by atoms with Crippen LogP contribution in [0.5, 0.6) is 11.5 Å². The number of rotatable bonds is 10. The monoisotopic (exact) mass is 385 g/mol. The Morgan fingerprint density at radius 1 is 1.14 bits per heavy atom. The third kappa shape index (κ3) is 5.38. The lowest BCUT2D eigenvalue weighted by Crippen LogP contribution is -2.21. The first-order valence-electron chi connectivity index (χ1n) is 9.85. The molecule has 0 bridgehead atoms. The SMILES string of the molecule is CCCCOc1c(NCCC)nc(N(C)C)c(C)c1C(=O)Oc1ccccc1. The molecule has 0 amide bonds. The van der Waals surface area contributed by atoms with Gasteiger partial charge in [-0.3, -0.25) is 0 Å². The van der Waals surface area contributed by atoms with E-state index in [2.05, 4.69) is 19.2 Å². The number of anilines is 2. The summed E-state index contributed by atoms with van der Waals surface area (Å²) in [6.07, 6.45) is 2.84. The summed E-state index contributed by atoms with van der Waals surface area (Å²) in [6, 6.07) is 9.07. The second kappa shape index (κ2) is 10.5. The Kier molecular flexibility index (Phi) is 8.11. The molecule has 6 nitrogen and oxygen atoms in total. The molecule has 0 radical (unpaired) electrons. The van der Waals surface area contributed by atoms with Crippen molar-refractivity contribution in [1.29, 1.82) is 0 Å². The van der Waals surface area contributed by atoms with Crippen molar-refractivity contribution in [2.24, 2.45) is 0 Å². The molecule has 0 atom stereocenters. The smallest absolute Gasteiger partial charge is 0.347 e. The molecule has 1 N–H and O–H groups in total. The van der Waals surface area contributed by atoms with E-state index >= 15 is 0 Å². The highest BCUT2D eigenvalue weighted by atomic mass is 16.5. The molecule has 0 unspecified atom stereocenters. The van der Waals surface area contributed by atoms with Crippen molar-refractivity contribution in [2.45, 2.75) is 40.0 Å². The Balaban J connectivity index is 2.53. The number of ether oxygens (including phenoxy) is 2. The van der Waals surface area contributed by atoms with Crippen LogP contribution in [-0.2, 0) is 0 Å². The van der Waals surface area contributed by atoms with Gasteiger partial charge < -0.3 is 19.7 Å². The van der Waals surface area contributed by atoms with Crippen LogP contribution in [0.1, 0.15) is 49.0 Å². The van der Waals surface area contributed by atoms with Crippen LogP contribution in [-0.4, -0.2) is 38.2 Å². The van der Waals surface area contributed by atoms with Crippen LogP contribution in [0.3, 0.4) is 0 Å². The summed E-state index contributed by atoms with van der Waals surface area (Å²) < 4.78 is 11.7. The third-order valence-electron chi connectivity index (χ3n) is 4.24. The summed E-state index contributed by atoms with van der Waals surface area (Å²) in [7, 11) is 3.81. The molecular weight excluding hydrogens is 354 g/mol. The molecule has 0 fully saturated rings. The molecular formula is C22H31N3O3. The van der Waals surface area contributed by atoms with E-state index in [1.54, 1.807) is 12.1 Å². The number of nitrogens with zero attached hydrogens (tertiary/aromatic N) is 2. The van der Waals surface area contributed by atoms with Gasteiger partial charge in [0.15, 0.2) is 11.6 Å². The summed E-state index contributed by atoms with van der Waals surface area (Å²) in [5.41, 5.74) is 1.15. The van der Waals surface area contributed by atoms with Gasteiger partial charge in [-0.25, -0.2) is 9.78 Å². The van der Waals surface area contributed by atoms with E-state index in [9.17, 15) is 4.79 Å². The largest absolute Gasteiger partial charge is 0.489 e. The van der Waals surface area contributed by atoms with Crippen LogP contribution in [0.25, 0.3) is 0 Å². The van der Waals surface area contributed by atoms with E-state index in [1.807, 2.05) is 44.1 Å². The first-order valence-corrected chi connectivity index (χ1v) is 9.85. The highest BCUT2D eigenvalue weighted by Gasteiger charge is 2.26. The average molecular weight is 386 g/mol. The minimum absolute atomic E-state index is 0.414. The number of benzene rings is 1. The number of carbonyl (C=O) groups is 1. The number of carbonyl (C=O) groups excluding carboxylic acids is 1. The van der Waals surface area contributed by atoms with Crippen LogP contribution in [0, 0.1) is 6.92 Å². The van der Waals surface area contributed by atoms with Crippen molar-refractivity contribution in [1.82, 2.24) is 4.98 Å². The molecule has 2 rings (SSSR count). The summed E-state index contributed by atoms with van der Waals surface area (Å²) in [5, 5.41) is 3.30. The number of pyridine rings is 1. The lowest BCUT2D eigenvalue weighted by atomic mass is 10.1. The third-order valence-corrected chi connectivity index (χ3v) is 4.24. The normalized spacial score (nSPS) is 10.5. The van der Waals surface area contributed by atoms with Gasteiger partial charge in [-0.2, -0.15) is 0 Å². The van der Waals surface area contributed by atoms with Gasteiger partial charge in [0.1, 0.15) is 17.1 Å². The van der Waals surface area contributed by atoms with Crippen molar-refractivity contribution in [3.63, 3.8) is 0 Å². The van der Waals surface area contributed by atoms with Crippen molar-refractivity contribution in [3.8, 4) is 11.5 Å². The van der Waals surface area contributed by atoms with E-state index in [0.29, 0.717) is 35.3 Å². The van der Waals surface area contributed by atoms with Crippen molar-refractivity contribution < 1.29 is 14.3 Å². The zero-order valence-corrected chi connectivity index (χ0v) is 17.5. The number of hydrogen-bond acceptors (Lipinski definition) is 6. The molecule has 0 saturated carbocycles. The number of para-hydroxylation sites is 1. The molecule has 152 valence electrons. The van der Waals surface area contributed by atoms with Gasteiger partial charge in [-0.05, 0) is 31.9 Å². The quantitative estimate of drug-likeness (QED) is 0.364. The minimum atomic E-state index is -0.444. The van der Waals surface area contributed by atoms with Gasteiger partial charge in [-0.1, -0.05) is 38.5 Å². The summed E-state index contributed by atoms with van der Waals surface area (Å²) in [4.78, 5) is 19.7. The van der Waals surface area contributed by atoms with Crippen LogP contribution in [0.4, 0.5) is 11.6 Å². The fourth-order valence-electron chi connectivity index (χ4n) is 2.79. The fraction of sp³-hybridized carbons (Fsp3) is 0.455. The van der Waals surface area contributed by atoms with Crippen molar-refractivity contribution >= 4 is 17.6 Å². The predicted molar refractivity (Wildman–Crippen MR) is 114 cm³/mol. The van der Waals surface area contributed by atoms with Crippen molar-refractivity contribution in [2.75, 3.05) is 37.5 Å². The van der Waals surface area contributed by atoms with Crippen molar-refractivity contribution in [3.05, 3.63) is 41.5 Å². The summed E-state index contributed by atoms with van der Waals surface area (Å²) in [5.74, 6) is 1.80. The van der Waals surface area contributed by atoms with E-state index in [-0.39, 0.29) is 0 Å². The Morgan fingerprint density at radius 3 is 2.46 bits per heavy atom. The first-order chi connectivity index (χ1) is 13.5. The first kappa shape index (κ1) is 21.5. The van der Waals surface area contributed by atoms with Gasteiger partial charge >= 0.3 is 5.97 Å². The van der Waals surface area contributed by atoms with Crippen LogP contribution in [0.2, 0.25) is 0 Å². The second-order valence-electron chi connectivity index (χ2n) is 6.84. The topological polar surface area (TPSA) is 63.7 Å². The van der Waals surface area contributed by atoms with Crippen LogP contribution in [0.15, 0.2) is 30.3 Å². The lowest BCUT2D eigenvalue weighted by molar-refractivity contribution is 0.0729. The molecule has 1 aromatic carbocycles. The molecule has 0 aliphatic carbocycles. The Morgan fingerprint density at radius 2 is 1.86 bits per heavy atom. The molecule has 0 saturated heterocycles. The predicted octanol–water partition coefficient (Wildman–Crippen LogP) is 4.68. The highest BCUT2D eigenvalue weighted by Crippen LogP contribution is 2.36. The van der Waals surface area contributed by atoms with E-state index < -0.39 is 5.97 Å². The maximum atomic E-state index is 13.1. The van der Waals surface area contributed by atoms with E-state index in [4.69, 9.17) is 14.5 Å². The average Bonchev–Trinajstić information content (AvgIpc) is 2.67. The maximum absolute atomic E-state index is 13.1. The Labute approximate surface area is 167 Å². The van der Waals surface area contributed by atoms with Gasteiger partial charge in [-0.15, -0.1) is 0 Å². The number of esters is 1. The maximum Gasteiger partial charge on any atom is 0.347 e. The zero-order valence-electron chi connectivity index (χ0n) is 17.5. The summed E-state index contributed by atoms with van der Waals surface area (Å²) in [6.45, 7) is 7.31. The highest BCUT2D eigenvalue weighted by molar-refractivity contribution is 5.98.